The van der Waals surface area contributed by atoms with Crippen molar-refractivity contribution >= 4 is 17.5 Å². The number of anilines is 1. The number of hydrogen-bond donors (Lipinski definition) is 2. The molecule has 0 aromatic heterocycles. The summed E-state index contributed by atoms with van der Waals surface area (Å²) in [4.78, 5) is 24.1. The Labute approximate surface area is 147 Å². The van der Waals surface area contributed by atoms with Crippen LogP contribution in [-0.2, 0) is 15.0 Å². The SMILES string of the molecule is Cc1ccc(NC(=O)C(=O)NCC(C)(C)c2ccc(F)cc2)c(C)c1. The van der Waals surface area contributed by atoms with Gasteiger partial charge in [-0.15, -0.1) is 0 Å². The molecule has 2 aromatic rings. The zero-order chi connectivity index (χ0) is 18.6. The molecule has 2 N–H and O–H groups in total. The van der Waals surface area contributed by atoms with E-state index in [1.165, 1.54) is 12.1 Å². The van der Waals surface area contributed by atoms with Crippen LogP contribution in [-0.4, -0.2) is 18.4 Å². The highest BCUT2D eigenvalue weighted by molar-refractivity contribution is 6.39. The van der Waals surface area contributed by atoms with Gasteiger partial charge in [0.1, 0.15) is 5.82 Å². The second-order valence-electron chi connectivity index (χ2n) is 6.85. The number of hydrogen-bond acceptors (Lipinski definition) is 2. The summed E-state index contributed by atoms with van der Waals surface area (Å²) in [6.45, 7) is 7.93. The summed E-state index contributed by atoms with van der Waals surface area (Å²) < 4.78 is 13.0. The molecule has 0 spiro atoms. The average molecular weight is 342 g/mol. The van der Waals surface area contributed by atoms with Gasteiger partial charge in [0.25, 0.3) is 0 Å². The van der Waals surface area contributed by atoms with Gasteiger partial charge in [0.05, 0.1) is 0 Å². The third-order valence-corrected chi connectivity index (χ3v) is 4.15. The van der Waals surface area contributed by atoms with Gasteiger partial charge in [-0.05, 0) is 43.2 Å². The van der Waals surface area contributed by atoms with Crippen LogP contribution in [0.15, 0.2) is 42.5 Å². The van der Waals surface area contributed by atoms with Gasteiger partial charge in [-0.2, -0.15) is 0 Å². The van der Waals surface area contributed by atoms with Crippen molar-refractivity contribution in [3.05, 3.63) is 65.0 Å². The molecule has 0 saturated carbocycles. The molecule has 0 atom stereocenters. The Morgan fingerprint density at radius 2 is 1.64 bits per heavy atom. The highest BCUT2D eigenvalue weighted by atomic mass is 19.1. The number of carbonyl (C=O) groups is 2. The molecule has 0 heterocycles. The third-order valence-electron chi connectivity index (χ3n) is 4.15. The predicted molar refractivity (Wildman–Crippen MR) is 97.0 cm³/mol. The summed E-state index contributed by atoms with van der Waals surface area (Å²) in [5.41, 5.74) is 3.05. The van der Waals surface area contributed by atoms with E-state index in [4.69, 9.17) is 0 Å². The normalized spacial score (nSPS) is 11.1. The molecule has 2 aromatic carbocycles. The Morgan fingerprint density at radius 1 is 1.00 bits per heavy atom. The fraction of sp³-hybridized carbons (Fsp3) is 0.300. The monoisotopic (exact) mass is 342 g/mol. The molecule has 0 bridgehead atoms. The first-order chi connectivity index (χ1) is 11.7. The van der Waals surface area contributed by atoms with E-state index in [1.54, 1.807) is 18.2 Å². The molecule has 0 fully saturated rings. The number of aryl methyl sites for hydroxylation is 2. The molecule has 0 unspecified atom stereocenters. The molecular formula is C20H23FN2O2. The summed E-state index contributed by atoms with van der Waals surface area (Å²) >= 11 is 0. The second-order valence-corrected chi connectivity index (χ2v) is 6.85. The van der Waals surface area contributed by atoms with Crippen LogP contribution < -0.4 is 10.6 Å². The van der Waals surface area contributed by atoms with Crippen LogP contribution >= 0.6 is 0 Å². The Morgan fingerprint density at radius 3 is 2.24 bits per heavy atom. The maximum Gasteiger partial charge on any atom is 0.313 e. The zero-order valence-corrected chi connectivity index (χ0v) is 14.9. The summed E-state index contributed by atoms with van der Waals surface area (Å²) in [6, 6.07) is 11.7. The van der Waals surface area contributed by atoms with Gasteiger partial charge in [0.15, 0.2) is 0 Å². The third kappa shape index (κ3) is 4.89. The van der Waals surface area contributed by atoms with Crippen molar-refractivity contribution in [1.82, 2.24) is 5.32 Å². The number of amides is 2. The summed E-state index contributed by atoms with van der Waals surface area (Å²) in [6.07, 6.45) is 0. The summed E-state index contributed by atoms with van der Waals surface area (Å²) in [5, 5.41) is 5.26. The van der Waals surface area contributed by atoms with Gasteiger partial charge in [0, 0.05) is 17.6 Å². The fourth-order valence-electron chi connectivity index (χ4n) is 2.52. The van der Waals surface area contributed by atoms with Crippen LogP contribution in [0.2, 0.25) is 0 Å². The largest absolute Gasteiger partial charge is 0.347 e. The van der Waals surface area contributed by atoms with Crippen molar-refractivity contribution in [2.75, 3.05) is 11.9 Å². The lowest BCUT2D eigenvalue weighted by Gasteiger charge is -2.25. The first-order valence-electron chi connectivity index (χ1n) is 8.11. The summed E-state index contributed by atoms with van der Waals surface area (Å²) in [5.74, 6) is -1.71. The molecule has 5 heteroatoms. The second kappa shape index (κ2) is 7.47. The molecule has 0 aliphatic carbocycles. The number of halogens is 1. The lowest BCUT2D eigenvalue weighted by atomic mass is 9.84. The highest BCUT2D eigenvalue weighted by Gasteiger charge is 2.23. The molecule has 25 heavy (non-hydrogen) atoms. The van der Waals surface area contributed by atoms with E-state index in [1.807, 2.05) is 39.8 Å². The van der Waals surface area contributed by atoms with Gasteiger partial charge in [0.2, 0.25) is 0 Å². The van der Waals surface area contributed by atoms with Crippen LogP contribution in [0.5, 0.6) is 0 Å². The maximum atomic E-state index is 13.0. The minimum Gasteiger partial charge on any atom is -0.347 e. The van der Waals surface area contributed by atoms with E-state index >= 15 is 0 Å². The van der Waals surface area contributed by atoms with E-state index in [9.17, 15) is 14.0 Å². The summed E-state index contributed by atoms with van der Waals surface area (Å²) in [7, 11) is 0. The standard InChI is InChI=1S/C20H23FN2O2/c1-13-5-10-17(14(2)11-13)23-19(25)18(24)22-12-20(3,4)15-6-8-16(21)9-7-15/h5-11H,12H2,1-4H3,(H,22,24)(H,23,25). The van der Waals surface area contributed by atoms with E-state index in [0.717, 1.165) is 16.7 Å². The van der Waals surface area contributed by atoms with Crippen molar-refractivity contribution in [3.63, 3.8) is 0 Å². The van der Waals surface area contributed by atoms with Crippen molar-refractivity contribution < 1.29 is 14.0 Å². The van der Waals surface area contributed by atoms with Crippen LogP contribution in [0.3, 0.4) is 0 Å². The van der Waals surface area contributed by atoms with E-state index in [0.29, 0.717) is 5.69 Å². The van der Waals surface area contributed by atoms with Crippen molar-refractivity contribution in [2.45, 2.75) is 33.1 Å². The van der Waals surface area contributed by atoms with Gasteiger partial charge >= 0.3 is 11.8 Å². The molecule has 4 nitrogen and oxygen atoms in total. The van der Waals surface area contributed by atoms with E-state index in [2.05, 4.69) is 10.6 Å². The van der Waals surface area contributed by atoms with Crippen LogP contribution in [0.25, 0.3) is 0 Å². The first kappa shape index (κ1) is 18.6. The van der Waals surface area contributed by atoms with E-state index < -0.39 is 17.2 Å². The predicted octanol–water partition coefficient (Wildman–Crippen LogP) is 3.48. The minimum atomic E-state index is -0.707. The molecule has 2 amide bonds. The maximum absolute atomic E-state index is 13.0. The number of nitrogens with one attached hydrogen (secondary N) is 2. The van der Waals surface area contributed by atoms with Gasteiger partial charge in [-0.25, -0.2) is 4.39 Å². The Kier molecular flexibility index (Phi) is 5.57. The first-order valence-corrected chi connectivity index (χ1v) is 8.11. The highest BCUT2D eigenvalue weighted by Crippen LogP contribution is 2.22. The Balaban J connectivity index is 1.96. The van der Waals surface area contributed by atoms with Crippen molar-refractivity contribution in [3.8, 4) is 0 Å². The minimum absolute atomic E-state index is 0.262. The van der Waals surface area contributed by atoms with Crippen molar-refractivity contribution in [1.29, 1.82) is 0 Å². The lowest BCUT2D eigenvalue weighted by molar-refractivity contribution is -0.136. The van der Waals surface area contributed by atoms with Gasteiger partial charge in [-0.1, -0.05) is 43.7 Å². The zero-order valence-electron chi connectivity index (χ0n) is 14.9. The van der Waals surface area contributed by atoms with Gasteiger partial charge in [-0.3, -0.25) is 9.59 Å². The Hall–Kier alpha value is -2.69. The molecule has 0 aliphatic heterocycles. The molecule has 0 radical (unpaired) electrons. The topological polar surface area (TPSA) is 58.2 Å². The molecular weight excluding hydrogens is 319 g/mol. The van der Waals surface area contributed by atoms with Crippen LogP contribution in [0, 0.1) is 19.7 Å². The van der Waals surface area contributed by atoms with Crippen LogP contribution in [0.4, 0.5) is 10.1 Å². The number of benzene rings is 2. The average Bonchev–Trinajstić information content (AvgIpc) is 2.55. The lowest BCUT2D eigenvalue weighted by Crippen LogP contribution is -2.42. The number of carbonyl (C=O) groups excluding carboxylic acids is 2. The number of rotatable bonds is 4. The Bertz CT molecular complexity index is 783. The fourth-order valence-corrected chi connectivity index (χ4v) is 2.52. The molecule has 0 aliphatic rings. The molecule has 132 valence electrons. The van der Waals surface area contributed by atoms with Crippen LogP contribution in [0.1, 0.15) is 30.5 Å². The molecule has 0 saturated heterocycles. The quantitative estimate of drug-likeness (QED) is 0.836. The van der Waals surface area contributed by atoms with Gasteiger partial charge < -0.3 is 10.6 Å². The van der Waals surface area contributed by atoms with E-state index in [-0.39, 0.29) is 12.4 Å². The molecule has 2 rings (SSSR count). The van der Waals surface area contributed by atoms with Crippen molar-refractivity contribution in [2.24, 2.45) is 0 Å². The smallest absolute Gasteiger partial charge is 0.313 e.